The van der Waals surface area contributed by atoms with Crippen LogP contribution in [0.4, 0.5) is 5.00 Å². The molecule has 0 aliphatic heterocycles. The minimum Gasteiger partial charge on any atom is -0.497 e. The Morgan fingerprint density at radius 1 is 1.33 bits per heavy atom. The first kappa shape index (κ1) is 12.7. The van der Waals surface area contributed by atoms with Gasteiger partial charge in [-0.1, -0.05) is 0 Å². The number of methoxy groups -OCH3 is 1. The molecule has 1 fully saturated rings. The molecular formula is C16H17N3OS. The topological polar surface area (TPSA) is 53.1 Å². The van der Waals surface area contributed by atoms with E-state index in [1.165, 1.54) is 28.8 Å². The van der Waals surface area contributed by atoms with Crippen LogP contribution in [0.2, 0.25) is 0 Å². The first-order valence-corrected chi connectivity index (χ1v) is 7.91. The van der Waals surface area contributed by atoms with Gasteiger partial charge in [0.15, 0.2) is 5.82 Å². The molecule has 0 radical (unpaired) electrons. The number of aromatic nitrogens is 2. The molecule has 0 atom stereocenters. The standard InChI is InChI=1S/C16H17N3OS/c1-9-7-14(17)21-15(9)16-18-12-8-11(20-2)5-6-13(12)19(16)10-3-4-10/h5-8,10H,3-4,17H2,1-2H3. The first-order chi connectivity index (χ1) is 10.2. The van der Waals surface area contributed by atoms with E-state index in [4.69, 9.17) is 15.5 Å². The van der Waals surface area contributed by atoms with E-state index in [1.807, 2.05) is 18.2 Å². The quantitative estimate of drug-likeness (QED) is 0.795. The van der Waals surface area contributed by atoms with Crippen LogP contribution in [-0.2, 0) is 0 Å². The molecule has 108 valence electrons. The second kappa shape index (κ2) is 4.49. The Morgan fingerprint density at radius 3 is 2.76 bits per heavy atom. The fraction of sp³-hybridized carbons (Fsp3) is 0.312. The molecule has 1 aromatic carbocycles. The van der Waals surface area contributed by atoms with Crippen LogP contribution in [0.3, 0.4) is 0 Å². The molecule has 0 spiro atoms. The van der Waals surface area contributed by atoms with E-state index in [9.17, 15) is 0 Å². The minimum absolute atomic E-state index is 0.570. The number of hydrogen-bond donors (Lipinski definition) is 1. The number of fused-ring (bicyclic) bond motifs is 1. The summed E-state index contributed by atoms with van der Waals surface area (Å²) in [6.07, 6.45) is 2.45. The van der Waals surface area contributed by atoms with E-state index < -0.39 is 0 Å². The number of imidazole rings is 1. The first-order valence-electron chi connectivity index (χ1n) is 7.09. The smallest absolute Gasteiger partial charge is 0.151 e. The van der Waals surface area contributed by atoms with Gasteiger partial charge < -0.3 is 15.0 Å². The average Bonchev–Trinajstić information content (AvgIpc) is 3.15. The maximum Gasteiger partial charge on any atom is 0.151 e. The summed E-state index contributed by atoms with van der Waals surface area (Å²) in [5, 5.41) is 0.842. The van der Waals surface area contributed by atoms with E-state index in [0.29, 0.717) is 6.04 Å². The van der Waals surface area contributed by atoms with Crippen LogP contribution in [0.25, 0.3) is 21.7 Å². The monoisotopic (exact) mass is 299 g/mol. The van der Waals surface area contributed by atoms with Crippen molar-refractivity contribution in [2.24, 2.45) is 0 Å². The number of nitrogen functional groups attached to an aromatic ring is 1. The highest BCUT2D eigenvalue weighted by atomic mass is 32.1. The zero-order valence-electron chi connectivity index (χ0n) is 12.1. The molecule has 1 aliphatic rings. The highest BCUT2D eigenvalue weighted by Gasteiger charge is 2.29. The molecule has 0 unspecified atom stereocenters. The van der Waals surface area contributed by atoms with Crippen LogP contribution >= 0.6 is 11.3 Å². The van der Waals surface area contributed by atoms with Gasteiger partial charge in [-0.2, -0.15) is 0 Å². The molecule has 0 saturated heterocycles. The number of hydrogen-bond acceptors (Lipinski definition) is 4. The van der Waals surface area contributed by atoms with Gasteiger partial charge in [-0.3, -0.25) is 0 Å². The zero-order valence-corrected chi connectivity index (χ0v) is 12.9. The molecule has 1 saturated carbocycles. The van der Waals surface area contributed by atoms with Gasteiger partial charge in [0.2, 0.25) is 0 Å². The van der Waals surface area contributed by atoms with Crippen molar-refractivity contribution >= 4 is 27.4 Å². The summed E-state index contributed by atoms with van der Waals surface area (Å²) in [4.78, 5) is 6.04. The minimum atomic E-state index is 0.570. The third-order valence-electron chi connectivity index (χ3n) is 3.95. The Labute approximate surface area is 127 Å². The van der Waals surface area contributed by atoms with Crippen molar-refractivity contribution in [2.45, 2.75) is 25.8 Å². The molecule has 2 N–H and O–H groups in total. The lowest BCUT2D eigenvalue weighted by Gasteiger charge is -2.07. The van der Waals surface area contributed by atoms with Gasteiger partial charge >= 0.3 is 0 Å². The zero-order chi connectivity index (χ0) is 14.6. The predicted octanol–water partition coefficient (Wildman–Crippen LogP) is 4.00. The number of rotatable bonds is 3. The Balaban J connectivity index is 1.99. The van der Waals surface area contributed by atoms with Gasteiger partial charge in [0.1, 0.15) is 5.75 Å². The Hall–Kier alpha value is -2.01. The fourth-order valence-corrected chi connectivity index (χ4v) is 3.72. The summed E-state index contributed by atoms with van der Waals surface area (Å²) in [6, 6.07) is 8.71. The Bertz CT molecular complexity index is 830. The van der Waals surface area contributed by atoms with Gasteiger partial charge in [0.05, 0.1) is 28.0 Å². The van der Waals surface area contributed by atoms with Crippen molar-refractivity contribution in [3.8, 4) is 16.5 Å². The van der Waals surface area contributed by atoms with Crippen LogP contribution in [0, 0.1) is 6.92 Å². The number of nitrogens with two attached hydrogens (primary N) is 1. The summed E-state index contributed by atoms with van der Waals surface area (Å²) in [5.74, 6) is 1.89. The molecule has 4 nitrogen and oxygen atoms in total. The molecule has 2 aromatic heterocycles. The fourth-order valence-electron chi connectivity index (χ4n) is 2.80. The lowest BCUT2D eigenvalue weighted by molar-refractivity contribution is 0.415. The van der Waals surface area contributed by atoms with Crippen LogP contribution in [-0.4, -0.2) is 16.7 Å². The second-order valence-corrected chi connectivity index (χ2v) is 6.64. The summed E-state index contributed by atoms with van der Waals surface area (Å²) in [7, 11) is 1.68. The molecule has 0 bridgehead atoms. The number of thiophene rings is 1. The third-order valence-corrected chi connectivity index (χ3v) is 5.01. The average molecular weight is 299 g/mol. The molecule has 4 rings (SSSR count). The van der Waals surface area contributed by atoms with E-state index in [2.05, 4.69) is 17.6 Å². The van der Waals surface area contributed by atoms with Crippen molar-refractivity contribution in [3.63, 3.8) is 0 Å². The number of anilines is 1. The summed E-state index contributed by atoms with van der Waals surface area (Å²) in [6.45, 7) is 2.10. The Morgan fingerprint density at radius 2 is 2.14 bits per heavy atom. The molecule has 21 heavy (non-hydrogen) atoms. The van der Waals surface area contributed by atoms with Crippen LogP contribution in [0.1, 0.15) is 24.4 Å². The predicted molar refractivity (Wildman–Crippen MR) is 87.0 cm³/mol. The maximum absolute atomic E-state index is 5.96. The lowest BCUT2D eigenvalue weighted by atomic mass is 10.2. The van der Waals surface area contributed by atoms with Crippen LogP contribution < -0.4 is 10.5 Å². The van der Waals surface area contributed by atoms with Gasteiger partial charge in [-0.25, -0.2) is 4.98 Å². The lowest BCUT2D eigenvalue weighted by Crippen LogP contribution is -1.96. The molecule has 5 heteroatoms. The van der Waals surface area contributed by atoms with E-state index in [0.717, 1.165) is 22.1 Å². The number of aryl methyl sites for hydroxylation is 1. The van der Waals surface area contributed by atoms with Gasteiger partial charge in [-0.15, -0.1) is 11.3 Å². The van der Waals surface area contributed by atoms with Gasteiger partial charge in [-0.05, 0) is 43.5 Å². The van der Waals surface area contributed by atoms with Crippen molar-refractivity contribution in [1.29, 1.82) is 0 Å². The van der Waals surface area contributed by atoms with Crippen molar-refractivity contribution < 1.29 is 4.74 Å². The van der Waals surface area contributed by atoms with Gasteiger partial charge in [0, 0.05) is 12.1 Å². The molecule has 1 aliphatic carbocycles. The molecular weight excluding hydrogens is 282 g/mol. The van der Waals surface area contributed by atoms with E-state index in [1.54, 1.807) is 18.4 Å². The summed E-state index contributed by atoms with van der Waals surface area (Å²) < 4.78 is 7.68. The highest BCUT2D eigenvalue weighted by Crippen LogP contribution is 2.44. The van der Waals surface area contributed by atoms with Crippen LogP contribution in [0.15, 0.2) is 24.3 Å². The number of nitrogens with zero attached hydrogens (tertiary/aromatic N) is 2. The third kappa shape index (κ3) is 2.00. The normalized spacial score (nSPS) is 14.8. The van der Waals surface area contributed by atoms with E-state index >= 15 is 0 Å². The molecule has 3 aromatic rings. The van der Waals surface area contributed by atoms with E-state index in [-0.39, 0.29) is 0 Å². The Kier molecular flexibility index (Phi) is 2.72. The molecule has 2 heterocycles. The summed E-state index contributed by atoms with van der Waals surface area (Å²) >= 11 is 1.62. The maximum atomic E-state index is 5.96. The number of benzene rings is 1. The van der Waals surface area contributed by atoms with Crippen molar-refractivity contribution in [2.75, 3.05) is 12.8 Å². The SMILES string of the molecule is COc1ccc2c(c1)nc(-c1sc(N)cc1C)n2C1CC1. The highest BCUT2D eigenvalue weighted by molar-refractivity contribution is 7.19. The largest absolute Gasteiger partial charge is 0.497 e. The van der Waals surface area contributed by atoms with Crippen LogP contribution in [0.5, 0.6) is 5.75 Å². The second-order valence-electron chi connectivity index (χ2n) is 5.55. The van der Waals surface area contributed by atoms with Gasteiger partial charge in [0.25, 0.3) is 0 Å². The number of ether oxygens (including phenoxy) is 1. The molecule has 0 amide bonds. The van der Waals surface area contributed by atoms with Crippen molar-refractivity contribution in [1.82, 2.24) is 9.55 Å². The van der Waals surface area contributed by atoms with Crippen molar-refractivity contribution in [3.05, 3.63) is 29.8 Å². The summed E-state index contributed by atoms with van der Waals surface area (Å²) in [5.41, 5.74) is 9.32.